The zero-order chi connectivity index (χ0) is 14.4. The predicted octanol–water partition coefficient (Wildman–Crippen LogP) is 1.93. The van der Waals surface area contributed by atoms with E-state index >= 15 is 0 Å². The summed E-state index contributed by atoms with van der Waals surface area (Å²) in [5, 5.41) is 2.78. The Morgan fingerprint density at radius 2 is 2.21 bits per heavy atom. The van der Waals surface area contributed by atoms with Crippen molar-refractivity contribution < 1.29 is 13.7 Å². The van der Waals surface area contributed by atoms with Crippen molar-refractivity contribution in [3.05, 3.63) is 24.3 Å². The Balaban J connectivity index is 2.65. The molecule has 0 saturated carbocycles. The monoisotopic (exact) mass is 284 g/mol. The zero-order valence-electron chi connectivity index (χ0n) is 11.7. The number of methoxy groups -OCH3 is 1. The van der Waals surface area contributed by atoms with Crippen LogP contribution >= 0.6 is 0 Å². The highest BCUT2D eigenvalue weighted by Gasteiger charge is 2.16. The molecule has 1 aromatic carbocycles. The van der Waals surface area contributed by atoms with E-state index in [0.29, 0.717) is 17.2 Å². The number of anilines is 1. The van der Waals surface area contributed by atoms with E-state index in [2.05, 4.69) is 5.32 Å². The molecule has 1 N–H and O–H groups in total. The lowest BCUT2D eigenvalue weighted by molar-refractivity contribution is 0.212. The van der Waals surface area contributed by atoms with Gasteiger partial charge in [0.15, 0.2) is 0 Å². The van der Waals surface area contributed by atoms with Gasteiger partial charge in [0.25, 0.3) is 0 Å². The Kier molecular flexibility index (Phi) is 5.82. The van der Waals surface area contributed by atoms with Gasteiger partial charge in [-0.15, -0.1) is 0 Å². The molecule has 0 bridgehead atoms. The molecule has 2 atom stereocenters. The Labute approximate surface area is 116 Å². The molecule has 0 radical (unpaired) electrons. The molecule has 0 aliphatic carbocycles. The van der Waals surface area contributed by atoms with Crippen LogP contribution in [0.3, 0.4) is 0 Å². The van der Waals surface area contributed by atoms with Gasteiger partial charge >= 0.3 is 6.03 Å². The summed E-state index contributed by atoms with van der Waals surface area (Å²) < 4.78 is 16.3. The minimum atomic E-state index is -0.926. The lowest BCUT2D eigenvalue weighted by Crippen LogP contribution is -2.40. The summed E-state index contributed by atoms with van der Waals surface area (Å²) in [5.41, 5.74) is 0.668. The third-order valence-corrected chi connectivity index (χ3v) is 3.73. The molecule has 0 aliphatic rings. The first-order valence-electron chi connectivity index (χ1n) is 5.92. The number of hydrogen-bond acceptors (Lipinski definition) is 3. The van der Waals surface area contributed by atoms with Crippen molar-refractivity contribution in [3.63, 3.8) is 0 Å². The van der Waals surface area contributed by atoms with Crippen LogP contribution in [-0.2, 0) is 10.8 Å². The smallest absolute Gasteiger partial charge is 0.321 e. The van der Waals surface area contributed by atoms with Gasteiger partial charge in [0, 0.05) is 47.7 Å². The van der Waals surface area contributed by atoms with E-state index in [4.69, 9.17) is 4.74 Å². The number of ether oxygens (including phenoxy) is 1. The van der Waals surface area contributed by atoms with Gasteiger partial charge in [0.2, 0.25) is 0 Å². The predicted molar refractivity (Wildman–Crippen MR) is 78.2 cm³/mol. The van der Waals surface area contributed by atoms with Gasteiger partial charge in [0.1, 0.15) is 5.75 Å². The van der Waals surface area contributed by atoms with Crippen molar-refractivity contribution in [1.29, 1.82) is 0 Å². The highest BCUT2D eigenvalue weighted by Crippen LogP contribution is 2.17. The normalized spacial score (nSPS) is 13.5. The number of hydrogen-bond donors (Lipinski definition) is 1. The fraction of sp³-hybridized carbons (Fsp3) is 0.462. The number of carbonyl (C=O) groups excluding carboxylic acids is 1. The first-order valence-corrected chi connectivity index (χ1v) is 7.64. The molecule has 0 saturated heterocycles. The van der Waals surface area contributed by atoms with E-state index in [0.717, 1.165) is 0 Å². The molecule has 106 valence electrons. The summed E-state index contributed by atoms with van der Waals surface area (Å²) in [7, 11) is 2.34. The molecule has 0 fully saturated rings. The maximum Gasteiger partial charge on any atom is 0.321 e. The van der Waals surface area contributed by atoms with Crippen molar-refractivity contribution in [2.75, 3.05) is 31.5 Å². The van der Waals surface area contributed by atoms with Crippen LogP contribution in [0.4, 0.5) is 10.5 Å². The summed E-state index contributed by atoms with van der Waals surface area (Å²) >= 11 is 0. The molecule has 6 heteroatoms. The highest BCUT2D eigenvalue weighted by atomic mass is 32.2. The van der Waals surface area contributed by atoms with Crippen LogP contribution in [0.15, 0.2) is 24.3 Å². The molecule has 0 heterocycles. The van der Waals surface area contributed by atoms with Crippen molar-refractivity contribution in [2.24, 2.45) is 0 Å². The van der Waals surface area contributed by atoms with Crippen molar-refractivity contribution >= 4 is 22.5 Å². The van der Waals surface area contributed by atoms with Gasteiger partial charge in [-0.25, -0.2) is 4.79 Å². The van der Waals surface area contributed by atoms with Crippen LogP contribution < -0.4 is 10.1 Å². The molecule has 0 aromatic heterocycles. The Morgan fingerprint density at radius 1 is 1.53 bits per heavy atom. The highest BCUT2D eigenvalue weighted by molar-refractivity contribution is 7.84. The number of carbonyl (C=O) groups is 1. The fourth-order valence-electron chi connectivity index (χ4n) is 1.56. The Bertz CT molecular complexity index is 465. The largest absolute Gasteiger partial charge is 0.497 e. The lowest BCUT2D eigenvalue weighted by atomic mass is 10.3. The number of rotatable bonds is 5. The summed E-state index contributed by atoms with van der Waals surface area (Å²) in [6.07, 6.45) is 1.63. The SMILES string of the molecule is COc1cccc(NC(=O)N(C)[C@H](C)C[S@@](C)=O)c1. The third-order valence-electron chi connectivity index (χ3n) is 2.78. The number of nitrogens with one attached hydrogen (secondary N) is 1. The van der Waals surface area contributed by atoms with Crippen LogP contribution in [0.25, 0.3) is 0 Å². The average molecular weight is 284 g/mol. The van der Waals surface area contributed by atoms with Crippen LogP contribution in [0, 0.1) is 0 Å². The molecular formula is C13H20N2O3S. The first kappa shape index (κ1) is 15.5. The molecule has 2 amide bonds. The number of benzene rings is 1. The molecule has 0 spiro atoms. The van der Waals surface area contributed by atoms with Gasteiger partial charge in [-0.2, -0.15) is 0 Å². The fourth-order valence-corrected chi connectivity index (χ4v) is 2.47. The van der Waals surface area contributed by atoms with Crippen molar-refractivity contribution in [3.8, 4) is 5.75 Å². The van der Waals surface area contributed by atoms with Gasteiger partial charge in [0.05, 0.1) is 7.11 Å². The van der Waals surface area contributed by atoms with E-state index < -0.39 is 10.8 Å². The number of urea groups is 1. The van der Waals surface area contributed by atoms with Gasteiger partial charge in [-0.1, -0.05) is 6.07 Å². The molecular weight excluding hydrogens is 264 g/mol. The van der Waals surface area contributed by atoms with Crippen LogP contribution in [0.1, 0.15) is 6.92 Å². The minimum absolute atomic E-state index is 0.0866. The van der Waals surface area contributed by atoms with E-state index in [-0.39, 0.29) is 12.1 Å². The van der Waals surface area contributed by atoms with E-state index in [1.54, 1.807) is 43.5 Å². The number of amides is 2. The minimum Gasteiger partial charge on any atom is -0.497 e. The number of nitrogens with zero attached hydrogens (tertiary/aromatic N) is 1. The average Bonchev–Trinajstić information content (AvgIpc) is 2.37. The van der Waals surface area contributed by atoms with Gasteiger partial charge in [-0.05, 0) is 19.1 Å². The standard InChI is InChI=1S/C13H20N2O3S/c1-10(9-19(4)17)15(2)13(16)14-11-6-5-7-12(8-11)18-3/h5-8,10H,9H2,1-4H3,(H,14,16)/t10-,19-/m1/s1. The van der Waals surface area contributed by atoms with E-state index in [1.807, 2.05) is 13.0 Å². The summed E-state index contributed by atoms with van der Waals surface area (Å²) in [6, 6.07) is 6.83. The van der Waals surface area contributed by atoms with Gasteiger partial charge in [-0.3, -0.25) is 4.21 Å². The maximum atomic E-state index is 12.0. The zero-order valence-corrected chi connectivity index (χ0v) is 12.5. The third kappa shape index (κ3) is 4.90. The van der Waals surface area contributed by atoms with Crippen molar-refractivity contribution in [1.82, 2.24) is 4.90 Å². The van der Waals surface area contributed by atoms with Crippen LogP contribution in [-0.4, -0.2) is 47.3 Å². The molecule has 1 rings (SSSR count). The summed E-state index contributed by atoms with van der Waals surface area (Å²) in [5.74, 6) is 1.14. The topological polar surface area (TPSA) is 58.6 Å². The molecule has 19 heavy (non-hydrogen) atoms. The second-order valence-electron chi connectivity index (χ2n) is 4.36. The molecule has 1 aromatic rings. The van der Waals surface area contributed by atoms with E-state index in [1.165, 1.54) is 0 Å². The Morgan fingerprint density at radius 3 is 2.79 bits per heavy atom. The Hall–Kier alpha value is -1.56. The second-order valence-corrected chi connectivity index (χ2v) is 5.84. The van der Waals surface area contributed by atoms with Crippen LogP contribution in [0.2, 0.25) is 0 Å². The summed E-state index contributed by atoms with van der Waals surface area (Å²) in [6.45, 7) is 1.87. The quantitative estimate of drug-likeness (QED) is 0.898. The van der Waals surface area contributed by atoms with Crippen LogP contribution in [0.5, 0.6) is 5.75 Å². The lowest BCUT2D eigenvalue weighted by Gasteiger charge is -2.24. The maximum absolute atomic E-state index is 12.0. The van der Waals surface area contributed by atoms with Gasteiger partial charge < -0.3 is 15.0 Å². The molecule has 5 nitrogen and oxygen atoms in total. The van der Waals surface area contributed by atoms with E-state index in [9.17, 15) is 9.00 Å². The second kappa shape index (κ2) is 7.13. The first-order chi connectivity index (χ1) is 8.93. The summed E-state index contributed by atoms with van der Waals surface area (Å²) in [4.78, 5) is 13.6. The molecule has 0 aliphatic heterocycles. The van der Waals surface area contributed by atoms with Crippen molar-refractivity contribution in [2.45, 2.75) is 13.0 Å². The molecule has 0 unspecified atom stereocenters.